The summed E-state index contributed by atoms with van der Waals surface area (Å²) in [6.45, 7) is 6.46. The number of nitrogens with one attached hydrogen (secondary N) is 2. The van der Waals surface area contributed by atoms with Gasteiger partial charge in [0.2, 0.25) is 5.95 Å². The van der Waals surface area contributed by atoms with Gasteiger partial charge in [-0.3, -0.25) is 14.7 Å². The van der Waals surface area contributed by atoms with Crippen LogP contribution in [0.25, 0.3) is 11.1 Å². The molecule has 1 fully saturated rings. The van der Waals surface area contributed by atoms with Gasteiger partial charge in [0, 0.05) is 17.8 Å². The number of anilines is 5. The molecule has 1 aliphatic heterocycles. The van der Waals surface area contributed by atoms with Gasteiger partial charge < -0.3 is 19.4 Å². The lowest BCUT2D eigenvalue weighted by atomic mass is 9.85. The van der Waals surface area contributed by atoms with Crippen molar-refractivity contribution < 1.29 is 13.9 Å². The highest BCUT2D eigenvalue weighted by Gasteiger charge is 2.42. The molecule has 0 saturated heterocycles. The van der Waals surface area contributed by atoms with E-state index in [1.807, 2.05) is 13.8 Å². The minimum absolute atomic E-state index is 0.110. The summed E-state index contributed by atoms with van der Waals surface area (Å²) in [5.74, 6) is 1.49. The van der Waals surface area contributed by atoms with E-state index in [0.717, 1.165) is 25.7 Å². The van der Waals surface area contributed by atoms with E-state index in [2.05, 4.69) is 33.2 Å². The summed E-state index contributed by atoms with van der Waals surface area (Å²) in [7, 11) is 0. The number of hydrogen-bond acceptors (Lipinski definition) is 9. The van der Waals surface area contributed by atoms with Crippen LogP contribution in [0.1, 0.15) is 52.0 Å². The Morgan fingerprint density at radius 1 is 1.15 bits per heavy atom. The first-order chi connectivity index (χ1) is 19.9. The topological polar surface area (TPSA) is 140 Å². The fraction of sp³-hybridized carbons (Fsp3) is 0.367. The molecule has 2 aromatic carbocycles. The molecule has 210 valence electrons. The van der Waals surface area contributed by atoms with Gasteiger partial charge in [-0.1, -0.05) is 6.92 Å². The van der Waals surface area contributed by atoms with Gasteiger partial charge >= 0.3 is 5.76 Å². The smallest absolute Gasteiger partial charge is 0.417 e. The predicted molar refractivity (Wildman–Crippen MR) is 155 cm³/mol. The number of amides is 1. The number of H-pyrrole nitrogens is 1. The number of carbonyl (C=O) groups excluding carboxylic acids is 1. The number of nitrogens with zero attached hydrogens (tertiary/aromatic N) is 5. The molecule has 2 aromatic heterocycles. The minimum atomic E-state index is -0.521. The molecular weight excluding hydrogens is 522 g/mol. The molecule has 1 amide bonds. The fourth-order valence-corrected chi connectivity index (χ4v) is 5.84. The molecule has 11 heteroatoms. The van der Waals surface area contributed by atoms with Crippen molar-refractivity contribution in [3.05, 3.63) is 58.7 Å². The molecule has 2 aliphatic rings. The van der Waals surface area contributed by atoms with Gasteiger partial charge in [-0.2, -0.15) is 10.2 Å². The van der Waals surface area contributed by atoms with E-state index in [9.17, 15) is 14.9 Å². The maximum absolute atomic E-state index is 14.0. The second-order valence-electron chi connectivity index (χ2n) is 10.6. The van der Waals surface area contributed by atoms with Crippen LogP contribution in [-0.2, 0) is 4.79 Å². The Morgan fingerprint density at radius 3 is 2.71 bits per heavy atom. The molecule has 6 rings (SSSR count). The Hall–Kier alpha value is -4.85. The Balaban J connectivity index is 1.43. The summed E-state index contributed by atoms with van der Waals surface area (Å²) in [5, 5.41) is 13.0. The maximum Gasteiger partial charge on any atom is 0.417 e. The van der Waals surface area contributed by atoms with E-state index in [-0.39, 0.29) is 11.9 Å². The lowest BCUT2D eigenvalue weighted by Gasteiger charge is -2.46. The van der Waals surface area contributed by atoms with Crippen LogP contribution in [0.2, 0.25) is 0 Å². The zero-order chi connectivity index (χ0) is 28.7. The molecule has 1 atom stereocenters. The third-order valence-electron chi connectivity index (χ3n) is 7.93. The molecular formula is C30H31N7O4. The Labute approximate surface area is 236 Å². The fourth-order valence-electron chi connectivity index (χ4n) is 5.84. The van der Waals surface area contributed by atoms with Crippen molar-refractivity contribution in [3.63, 3.8) is 0 Å². The first-order valence-corrected chi connectivity index (χ1v) is 13.9. The highest BCUT2D eigenvalue weighted by Crippen LogP contribution is 2.43. The van der Waals surface area contributed by atoms with Crippen molar-refractivity contribution in [2.45, 2.75) is 58.5 Å². The highest BCUT2D eigenvalue weighted by atomic mass is 16.5. The lowest BCUT2D eigenvalue weighted by molar-refractivity contribution is -0.119. The number of nitriles is 1. The summed E-state index contributed by atoms with van der Waals surface area (Å²) in [4.78, 5) is 41.4. The average Bonchev–Trinajstić information content (AvgIpc) is 3.34. The number of rotatable bonds is 6. The molecule has 0 radical (unpaired) electrons. The van der Waals surface area contributed by atoms with Gasteiger partial charge in [0.05, 0.1) is 29.6 Å². The number of hydrogen-bond donors (Lipinski definition) is 2. The van der Waals surface area contributed by atoms with Crippen molar-refractivity contribution in [3.8, 4) is 11.8 Å². The van der Waals surface area contributed by atoms with E-state index < -0.39 is 11.8 Å². The summed E-state index contributed by atoms with van der Waals surface area (Å²) < 4.78 is 10.8. The number of carbonyl (C=O) groups is 1. The standard InChI is InChI=1S/C30H31N7O4/c1-4-40-25-12-10-22(13-19(25)15-31)37-24-16-32-29(33-20-7-11-23-26(14-20)41-30(39)34-23)35-27(24)36(18(3)28(37)38)21-8-5-17(2)6-9-21/h7,10-14,16-18,21H,4-6,8-9H2,1-3H3,(H,34,39)(H,32,33,35)/t17?,18-,21?/m1/s1. The zero-order valence-corrected chi connectivity index (χ0v) is 23.2. The van der Waals surface area contributed by atoms with Gasteiger partial charge in [-0.05, 0) is 75.8 Å². The maximum atomic E-state index is 14.0. The molecule has 2 N–H and O–H groups in total. The van der Waals surface area contributed by atoms with Gasteiger partial charge in [-0.15, -0.1) is 0 Å². The normalized spacial score (nSPS) is 20.5. The van der Waals surface area contributed by atoms with Crippen LogP contribution in [0, 0.1) is 17.2 Å². The minimum Gasteiger partial charge on any atom is -0.492 e. The van der Waals surface area contributed by atoms with E-state index in [4.69, 9.17) is 14.1 Å². The number of ether oxygens (including phenoxy) is 1. The van der Waals surface area contributed by atoms with Crippen molar-refractivity contribution in [1.29, 1.82) is 5.26 Å². The molecule has 41 heavy (non-hydrogen) atoms. The van der Waals surface area contributed by atoms with Crippen LogP contribution in [-0.4, -0.2) is 39.5 Å². The molecule has 0 unspecified atom stereocenters. The van der Waals surface area contributed by atoms with Gasteiger partial charge in [0.25, 0.3) is 5.91 Å². The number of fused-ring (bicyclic) bond motifs is 2. The second-order valence-corrected chi connectivity index (χ2v) is 10.6. The molecule has 0 bridgehead atoms. The number of aromatic amines is 1. The monoisotopic (exact) mass is 553 g/mol. The van der Waals surface area contributed by atoms with Crippen LogP contribution in [0.4, 0.5) is 28.8 Å². The molecule has 3 heterocycles. The third kappa shape index (κ3) is 4.86. The first-order valence-electron chi connectivity index (χ1n) is 13.9. The number of aromatic nitrogens is 3. The van der Waals surface area contributed by atoms with E-state index >= 15 is 0 Å². The average molecular weight is 554 g/mol. The zero-order valence-electron chi connectivity index (χ0n) is 23.2. The van der Waals surface area contributed by atoms with E-state index in [0.29, 0.717) is 63.8 Å². The molecule has 1 saturated carbocycles. The first kappa shape index (κ1) is 26.4. The van der Waals surface area contributed by atoms with Gasteiger partial charge in [0.1, 0.15) is 23.5 Å². The summed E-state index contributed by atoms with van der Waals surface area (Å²) >= 11 is 0. The van der Waals surface area contributed by atoms with Crippen molar-refractivity contribution in [2.24, 2.45) is 5.92 Å². The van der Waals surface area contributed by atoms with Crippen LogP contribution in [0.15, 0.2) is 51.8 Å². The molecule has 1 aliphatic carbocycles. The van der Waals surface area contributed by atoms with E-state index in [1.165, 1.54) is 0 Å². The summed E-state index contributed by atoms with van der Waals surface area (Å²) in [6, 6.07) is 12.3. The SMILES string of the molecule is CCOc1ccc(N2C(=O)[C@@H](C)N(C3CCC(C)CC3)c3nc(Nc4ccc5[nH]c(=O)oc5c4)ncc32)cc1C#N. The lowest BCUT2D eigenvalue weighted by Crippen LogP contribution is -2.55. The van der Waals surface area contributed by atoms with Gasteiger partial charge in [0.15, 0.2) is 11.4 Å². The van der Waals surface area contributed by atoms with E-state index in [1.54, 1.807) is 47.5 Å². The quantitative estimate of drug-likeness (QED) is 0.322. The number of oxazole rings is 1. The van der Waals surface area contributed by atoms with Crippen molar-refractivity contribution in [1.82, 2.24) is 15.0 Å². The molecule has 0 spiro atoms. The highest BCUT2D eigenvalue weighted by molar-refractivity contribution is 6.10. The Morgan fingerprint density at radius 2 is 1.95 bits per heavy atom. The van der Waals surface area contributed by atoms with Crippen LogP contribution in [0.3, 0.4) is 0 Å². The molecule has 4 aromatic rings. The molecule has 11 nitrogen and oxygen atoms in total. The number of benzene rings is 2. The second kappa shape index (κ2) is 10.6. The van der Waals surface area contributed by atoms with Crippen LogP contribution >= 0.6 is 0 Å². The third-order valence-corrected chi connectivity index (χ3v) is 7.93. The summed E-state index contributed by atoms with van der Waals surface area (Å²) in [5.41, 5.74) is 3.13. The van der Waals surface area contributed by atoms with Crippen LogP contribution in [0.5, 0.6) is 5.75 Å². The largest absolute Gasteiger partial charge is 0.492 e. The Bertz CT molecular complexity index is 1710. The van der Waals surface area contributed by atoms with Crippen molar-refractivity contribution in [2.75, 3.05) is 21.7 Å². The predicted octanol–water partition coefficient (Wildman–Crippen LogP) is 5.38. The summed E-state index contributed by atoms with van der Waals surface area (Å²) in [6.07, 6.45) is 5.75. The Kier molecular flexibility index (Phi) is 6.83. The van der Waals surface area contributed by atoms with Crippen molar-refractivity contribution >= 4 is 45.8 Å². The van der Waals surface area contributed by atoms with Gasteiger partial charge in [-0.25, -0.2) is 9.78 Å². The van der Waals surface area contributed by atoms with Crippen LogP contribution < -0.4 is 25.6 Å².